The quantitative estimate of drug-likeness (QED) is 0.823. The monoisotopic (exact) mass is 299 g/mol. The molecular formula is C13H9F4N3O. The van der Waals surface area contributed by atoms with Crippen molar-refractivity contribution < 1.29 is 22.4 Å². The van der Waals surface area contributed by atoms with Gasteiger partial charge in [0.2, 0.25) is 5.91 Å². The number of alkyl halides is 3. The third-order valence-electron chi connectivity index (χ3n) is 3.29. The maximum absolute atomic E-state index is 13.0. The predicted octanol–water partition coefficient (Wildman–Crippen LogP) is 3.00. The largest absolute Gasteiger partial charge is 0.396 e. The fourth-order valence-electron chi connectivity index (χ4n) is 2.29. The first-order valence-corrected chi connectivity index (χ1v) is 6.06. The van der Waals surface area contributed by atoms with Crippen molar-refractivity contribution in [2.75, 3.05) is 5.32 Å². The van der Waals surface area contributed by atoms with Crippen LogP contribution in [0.2, 0.25) is 0 Å². The Morgan fingerprint density at radius 3 is 2.52 bits per heavy atom. The lowest BCUT2D eigenvalue weighted by molar-refractivity contribution is -0.156. The van der Waals surface area contributed by atoms with Gasteiger partial charge >= 0.3 is 6.18 Å². The molecule has 0 unspecified atom stereocenters. The van der Waals surface area contributed by atoms with Crippen molar-refractivity contribution in [3.63, 3.8) is 0 Å². The van der Waals surface area contributed by atoms with Crippen molar-refractivity contribution in [3.05, 3.63) is 41.8 Å². The number of amides is 1. The molecule has 1 aliphatic heterocycles. The number of rotatable bonds is 1. The molecule has 3 rings (SSSR count). The first-order valence-electron chi connectivity index (χ1n) is 6.06. The van der Waals surface area contributed by atoms with Gasteiger partial charge in [0.05, 0.1) is 17.8 Å². The summed E-state index contributed by atoms with van der Waals surface area (Å²) in [6.07, 6.45) is -4.11. The van der Waals surface area contributed by atoms with Crippen LogP contribution in [-0.2, 0) is 4.79 Å². The maximum atomic E-state index is 13.0. The Hall–Kier alpha value is -2.38. The summed E-state index contributed by atoms with van der Waals surface area (Å²) in [5.74, 6) is -3.11. The van der Waals surface area contributed by atoms with E-state index in [2.05, 4.69) is 10.4 Å². The molecular weight excluding hydrogens is 290 g/mol. The minimum atomic E-state index is -4.52. The molecule has 8 heteroatoms. The molecule has 110 valence electrons. The molecule has 1 aromatic heterocycles. The van der Waals surface area contributed by atoms with E-state index in [-0.39, 0.29) is 11.4 Å². The van der Waals surface area contributed by atoms with E-state index in [1.807, 2.05) is 0 Å². The zero-order valence-corrected chi connectivity index (χ0v) is 10.5. The Morgan fingerprint density at radius 2 is 1.90 bits per heavy atom. The molecule has 0 aliphatic carbocycles. The number of nitrogens with zero attached hydrogens (tertiary/aromatic N) is 2. The van der Waals surface area contributed by atoms with Gasteiger partial charge in [0, 0.05) is 12.0 Å². The van der Waals surface area contributed by atoms with E-state index in [1.165, 1.54) is 12.1 Å². The van der Waals surface area contributed by atoms with Crippen molar-refractivity contribution >= 4 is 11.7 Å². The van der Waals surface area contributed by atoms with Crippen LogP contribution < -0.4 is 5.32 Å². The van der Waals surface area contributed by atoms with E-state index in [1.54, 1.807) is 0 Å². The maximum Gasteiger partial charge on any atom is 0.396 e. The van der Waals surface area contributed by atoms with Gasteiger partial charge < -0.3 is 5.32 Å². The number of aromatic nitrogens is 2. The third kappa shape index (κ3) is 2.37. The number of carbonyl (C=O) groups is 1. The van der Waals surface area contributed by atoms with E-state index in [9.17, 15) is 22.4 Å². The number of benzene rings is 1. The fraction of sp³-hybridized carbons (Fsp3) is 0.231. The molecule has 1 amide bonds. The van der Waals surface area contributed by atoms with Crippen LogP contribution in [0.5, 0.6) is 0 Å². The van der Waals surface area contributed by atoms with E-state index in [0.717, 1.165) is 23.0 Å². The van der Waals surface area contributed by atoms with Crippen LogP contribution in [0.4, 0.5) is 23.4 Å². The molecule has 0 saturated heterocycles. The number of hydrogen-bond acceptors (Lipinski definition) is 2. The lowest BCUT2D eigenvalue weighted by atomic mass is 9.94. The van der Waals surface area contributed by atoms with Gasteiger partial charge in [-0.15, -0.1) is 0 Å². The number of hydrogen-bond donors (Lipinski definition) is 1. The van der Waals surface area contributed by atoms with Crippen molar-refractivity contribution in [1.82, 2.24) is 9.78 Å². The number of anilines is 1. The first kappa shape index (κ1) is 13.6. The molecule has 0 bridgehead atoms. The zero-order chi connectivity index (χ0) is 15.2. The SMILES string of the molecule is O=C1C[C@@H](C(F)(F)F)c2cnn(-c3ccc(F)cc3)c2N1. The first-order chi connectivity index (χ1) is 9.86. The highest BCUT2D eigenvalue weighted by molar-refractivity contribution is 5.94. The van der Waals surface area contributed by atoms with Crippen molar-refractivity contribution in [1.29, 1.82) is 0 Å². The van der Waals surface area contributed by atoms with Gasteiger partial charge in [-0.25, -0.2) is 9.07 Å². The van der Waals surface area contributed by atoms with Gasteiger partial charge in [-0.1, -0.05) is 0 Å². The highest BCUT2D eigenvalue weighted by atomic mass is 19.4. The molecule has 0 spiro atoms. The van der Waals surface area contributed by atoms with Crippen LogP contribution in [-0.4, -0.2) is 21.9 Å². The smallest absolute Gasteiger partial charge is 0.310 e. The topological polar surface area (TPSA) is 46.9 Å². The number of fused-ring (bicyclic) bond motifs is 1. The molecule has 1 atom stereocenters. The Bertz CT molecular complexity index is 690. The van der Waals surface area contributed by atoms with Crippen LogP contribution in [0.1, 0.15) is 17.9 Å². The zero-order valence-electron chi connectivity index (χ0n) is 10.5. The molecule has 0 fully saturated rings. The minimum Gasteiger partial charge on any atom is -0.310 e. The lowest BCUT2D eigenvalue weighted by Gasteiger charge is -2.25. The molecule has 2 heterocycles. The third-order valence-corrected chi connectivity index (χ3v) is 3.29. The summed E-state index contributed by atoms with van der Waals surface area (Å²) in [6.45, 7) is 0. The van der Waals surface area contributed by atoms with Crippen molar-refractivity contribution in [2.24, 2.45) is 0 Å². The summed E-state index contributed by atoms with van der Waals surface area (Å²) in [5.41, 5.74) is 0.271. The van der Waals surface area contributed by atoms with Gasteiger partial charge in [-0.05, 0) is 24.3 Å². The van der Waals surface area contributed by atoms with Crippen LogP contribution >= 0.6 is 0 Å². The number of halogens is 4. The van der Waals surface area contributed by atoms with Crippen molar-refractivity contribution in [2.45, 2.75) is 18.5 Å². The molecule has 0 radical (unpaired) electrons. The average Bonchev–Trinajstić information content (AvgIpc) is 2.81. The van der Waals surface area contributed by atoms with Crippen LogP contribution in [0, 0.1) is 5.82 Å². The summed E-state index contributed by atoms with van der Waals surface area (Å²) in [6, 6.07) is 5.06. The van der Waals surface area contributed by atoms with E-state index in [4.69, 9.17) is 0 Å². The summed E-state index contributed by atoms with van der Waals surface area (Å²) >= 11 is 0. The van der Waals surface area contributed by atoms with E-state index < -0.39 is 30.2 Å². The number of nitrogens with one attached hydrogen (secondary N) is 1. The summed E-state index contributed by atoms with van der Waals surface area (Å²) < 4.78 is 53.0. The second-order valence-electron chi connectivity index (χ2n) is 4.68. The lowest BCUT2D eigenvalue weighted by Crippen LogP contribution is -2.31. The molecule has 1 aromatic carbocycles. The van der Waals surface area contributed by atoms with Gasteiger partial charge in [0.1, 0.15) is 11.6 Å². The molecule has 0 saturated carbocycles. The minimum absolute atomic E-state index is 0.0276. The molecule has 1 aliphatic rings. The Balaban J connectivity index is 2.09. The summed E-state index contributed by atoms with van der Waals surface area (Å²) in [5, 5.41) is 6.27. The molecule has 1 N–H and O–H groups in total. The van der Waals surface area contributed by atoms with Crippen LogP contribution in [0.3, 0.4) is 0 Å². The summed E-state index contributed by atoms with van der Waals surface area (Å²) in [4.78, 5) is 11.5. The highest BCUT2D eigenvalue weighted by Crippen LogP contribution is 2.43. The van der Waals surface area contributed by atoms with Gasteiger partial charge in [-0.3, -0.25) is 4.79 Å². The van der Waals surface area contributed by atoms with Gasteiger partial charge in [0.25, 0.3) is 0 Å². The number of carbonyl (C=O) groups excluding carboxylic acids is 1. The molecule has 21 heavy (non-hydrogen) atoms. The normalized spacial score (nSPS) is 18.3. The average molecular weight is 299 g/mol. The Labute approximate surface area is 116 Å². The van der Waals surface area contributed by atoms with Crippen molar-refractivity contribution in [3.8, 4) is 5.69 Å². The van der Waals surface area contributed by atoms with E-state index in [0.29, 0.717) is 5.69 Å². The van der Waals surface area contributed by atoms with E-state index >= 15 is 0 Å². The predicted molar refractivity (Wildman–Crippen MR) is 65.6 cm³/mol. The highest BCUT2D eigenvalue weighted by Gasteiger charge is 2.46. The summed E-state index contributed by atoms with van der Waals surface area (Å²) in [7, 11) is 0. The van der Waals surface area contributed by atoms with Crippen LogP contribution in [0.15, 0.2) is 30.5 Å². The molecule has 2 aromatic rings. The second-order valence-corrected chi connectivity index (χ2v) is 4.68. The van der Waals surface area contributed by atoms with Crippen LogP contribution in [0.25, 0.3) is 5.69 Å². The fourth-order valence-corrected chi connectivity index (χ4v) is 2.29. The van der Waals surface area contributed by atoms with Gasteiger partial charge in [0.15, 0.2) is 0 Å². The van der Waals surface area contributed by atoms with Gasteiger partial charge in [-0.2, -0.15) is 18.3 Å². The standard InChI is InChI=1S/C13H9F4N3O/c14-7-1-3-8(4-2-7)20-12-9(6-18-20)10(13(15,16)17)5-11(21)19-12/h1-4,6,10H,5H2,(H,19,21)/t10-/m1/s1. The Kier molecular flexibility index (Phi) is 2.96. The molecule has 4 nitrogen and oxygen atoms in total. The Morgan fingerprint density at radius 1 is 1.24 bits per heavy atom. The second kappa shape index (κ2) is 4.57.